The van der Waals surface area contributed by atoms with Gasteiger partial charge in [-0.15, -0.1) is 0 Å². The molecule has 3 nitrogen and oxygen atoms in total. The molecular weight excluding hydrogens is 284 g/mol. The molecule has 23 heavy (non-hydrogen) atoms. The number of carbonyl (C=O) groups excluding carboxylic acids is 1. The molecule has 0 aromatic heterocycles. The molecule has 0 bridgehead atoms. The second-order valence-corrected chi connectivity index (χ2v) is 5.94. The summed E-state index contributed by atoms with van der Waals surface area (Å²) in [4.78, 5) is 14.7. The minimum atomic E-state index is 0.176. The summed E-state index contributed by atoms with van der Waals surface area (Å²) in [6.07, 6.45) is 1.46. The van der Waals surface area contributed by atoms with Gasteiger partial charge in [0.15, 0.2) is 0 Å². The molecule has 0 spiro atoms. The third kappa shape index (κ3) is 5.53. The van der Waals surface area contributed by atoms with E-state index in [1.165, 1.54) is 0 Å². The Balaban J connectivity index is 2.11. The van der Waals surface area contributed by atoms with Gasteiger partial charge in [-0.2, -0.15) is 0 Å². The summed E-state index contributed by atoms with van der Waals surface area (Å²) in [5.41, 5.74) is 8.07. The monoisotopic (exact) mass is 310 g/mol. The summed E-state index contributed by atoms with van der Waals surface area (Å²) in [6.45, 7) is 3.92. The molecule has 0 aliphatic rings. The highest BCUT2D eigenvalue weighted by Gasteiger charge is 2.18. The number of hydrogen-bond donors (Lipinski definition) is 1. The molecule has 0 radical (unpaired) electrons. The van der Waals surface area contributed by atoms with Crippen LogP contribution in [-0.4, -0.2) is 17.4 Å². The number of nitrogens with zero attached hydrogens (tertiary/aromatic N) is 1. The van der Waals surface area contributed by atoms with Crippen LogP contribution in [0.5, 0.6) is 0 Å². The molecule has 1 unspecified atom stereocenters. The van der Waals surface area contributed by atoms with Crippen LogP contribution in [0.25, 0.3) is 0 Å². The third-order valence-electron chi connectivity index (χ3n) is 4.16. The summed E-state index contributed by atoms with van der Waals surface area (Å²) in [7, 11) is 0. The number of carbonyl (C=O) groups is 1. The van der Waals surface area contributed by atoms with E-state index < -0.39 is 0 Å². The zero-order valence-corrected chi connectivity index (χ0v) is 13.8. The molecule has 1 amide bonds. The molecule has 2 N–H and O–H groups in total. The Kier molecular flexibility index (Phi) is 6.82. The molecule has 0 heterocycles. The summed E-state index contributed by atoms with van der Waals surface area (Å²) in [5.74, 6) is 0.437. The van der Waals surface area contributed by atoms with Crippen LogP contribution >= 0.6 is 0 Å². The number of rotatable bonds is 8. The predicted octanol–water partition coefficient (Wildman–Crippen LogP) is 3.59. The highest BCUT2D eigenvalue weighted by molar-refractivity contribution is 5.76. The lowest BCUT2D eigenvalue weighted by Gasteiger charge is -2.25. The van der Waals surface area contributed by atoms with E-state index in [1.54, 1.807) is 0 Å². The first-order chi connectivity index (χ1) is 11.2. The molecule has 3 heteroatoms. The number of nitrogens with two attached hydrogens (primary N) is 1. The summed E-state index contributed by atoms with van der Waals surface area (Å²) >= 11 is 0. The van der Waals surface area contributed by atoms with Gasteiger partial charge in [0.2, 0.25) is 5.91 Å². The third-order valence-corrected chi connectivity index (χ3v) is 4.16. The van der Waals surface area contributed by atoms with Gasteiger partial charge in [-0.1, -0.05) is 74.0 Å². The van der Waals surface area contributed by atoms with Crippen molar-refractivity contribution in [2.75, 3.05) is 6.54 Å². The Morgan fingerprint density at radius 3 is 1.83 bits per heavy atom. The van der Waals surface area contributed by atoms with Gasteiger partial charge in [0.05, 0.1) is 0 Å². The highest BCUT2D eigenvalue weighted by atomic mass is 16.2. The maximum atomic E-state index is 12.8. The molecule has 0 saturated heterocycles. The van der Waals surface area contributed by atoms with E-state index in [0.29, 0.717) is 26.1 Å². The maximum Gasteiger partial charge on any atom is 0.223 e. The van der Waals surface area contributed by atoms with Crippen LogP contribution in [-0.2, 0) is 17.9 Å². The topological polar surface area (TPSA) is 46.3 Å². The first-order valence-corrected chi connectivity index (χ1v) is 8.28. The molecule has 0 aliphatic heterocycles. The van der Waals surface area contributed by atoms with E-state index in [0.717, 1.165) is 17.5 Å². The number of benzene rings is 2. The van der Waals surface area contributed by atoms with Crippen LogP contribution in [0.3, 0.4) is 0 Å². The highest BCUT2D eigenvalue weighted by Crippen LogP contribution is 2.15. The van der Waals surface area contributed by atoms with E-state index >= 15 is 0 Å². The fourth-order valence-electron chi connectivity index (χ4n) is 2.61. The van der Waals surface area contributed by atoms with Crippen LogP contribution in [0.2, 0.25) is 0 Å². The average molecular weight is 310 g/mol. The molecular formula is C20H26N2O. The number of amides is 1. The van der Waals surface area contributed by atoms with Gasteiger partial charge in [0.1, 0.15) is 0 Å². The molecule has 122 valence electrons. The van der Waals surface area contributed by atoms with Crippen molar-refractivity contribution in [1.29, 1.82) is 0 Å². The first-order valence-electron chi connectivity index (χ1n) is 8.28. The van der Waals surface area contributed by atoms with E-state index in [9.17, 15) is 4.79 Å². The normalized spacial score (nSPS) is 11.9. The Morgan fingerprint density at radius 2 is 1.43 bits per heavy atom. The summed E-state index contributed by atoms with van der Waals surface area (Å²) in [5, 5.41) is 0. The Labute approximate surface area is 139 Å². The Bertz CT molecular complexity index is 538. The minimum Gasteiger partial charge on any atom is -0.334 e. The van der Waals surface area contributed by atoms with Gasteiger partial charge in [-0.3, -0.25) is 4.79 Å². The van der Waals surface area contributed by atoms with Crippen molar-refractivity contribution in [1.82, 2.24) is 4.90 Å². The summed E-state index contributed by atoms with van der Waals surface area (Å²) in [6, 6.07) is 20.3. The van der Waals surface area contributed by atoms with Crippen molar-refractivity contribution in [2.45, 2.75) is 32.9 Å². The Hall–Kier alpha value is -2.13. The molecule has 2 rings (SSSR count). The standard InChI is InChI=1S/C20H26N2O/c1-2-17(14-21)13-20(23)22(15-18-9-5-3-6-10-18)16-19-11-7-4-8-12-19/h3-12,17H,2,13-16,21H2,1H3. The van der Waals surface area contributed by atoms with Gasteiger partial charge >= 0.3 is 0 Å². The summed E-state index contributed by atoms with van der Waals surface area (Å²) < 4.78 is 0. The lowest BCUT2D eigenvalue weighted by molar-refractivity contribution is -0.133. The second-order valence-electron chi connectivity index (χ2n) is 5.94. The van der Waals surface area contributed by atoms with Gasteiger partial charge in [-0.05, 0) is 23.6 Å². The van der Waals surface area contributed by atoms with Crippen molar-refractivity contribution in [3.8, 4) is 0 Å². The van der Waals surface area contributed by atoms with Crippen LogP contribution in [0.15, 0.2) is 60.7 Å². The average Bonchev–Trinajstić information content (AvgIpc) is 2.60. The van der Waals surface area contributed by atoms with Crippen LogP contribution in [0, 0.1) is 5.92 Å². The minimum absolute atomic E-state index is 0.176. The molecule has 0 aliphatic carbocycles. The largest absolute Gasteiger partial charge is 0.334 e. The zero-order chi connectivity index (χ0) is 16.5. The zero-order valence-electron chi connectivity index (χ0n) is 13.8. The van der Waals surface area contributed by atoms with Gasteiger partial charge in [0.25, 0.3) is 0 Å². The predicted molar refractivity (Wildman–Crippen MR) is 94.6 cm³/mol. The maximum absolute atomic E-state index is 12.8. The van der Waals surface area contributed by atoms with E-state index in [-0.39, 0.29) is 11.8 Å². The molecule has 1 atom stereocenters. The molecule has 2 aromatic rings. The van der Waals surface area contributed by atoms with Crippen LogP contribution in [0.1, 0.15) is 30.9 Å². The van der Waals surface area contributed by atoms with Crippen molar-refractivity contribution in [3.05, 3.63) is 71.8 Å². The lowest BCUT2D eigenvalue weighted by atomic mass is 10.0. The molecule has 0 saturated carbocycles. The molecule has 0 fully saturated rings. The van der Waals surface area contributed by atoms with Crippen molar-refractivity contribution >= 4 is 5.91 Å². The van der Waals surface area contributed by atoms with Crippen molar-refractivity contribution in [3.63, 3.8) is 0 Å². The van der Waals surface area contributed by atoms with Crippen LogP contribution < -0.4 is 5.73 Å². The van der Waals surface area contributed by atoms with E-state index in [1.807, 2.05) is 41.3 Å². The molecule has 2 aromatic carbocycles. The van der Waals surface area contributed by atoms with Crippen LogP contribution in [0.4, 0.5) is 0 Å². The SMILES string of the molecule is CCC(CN)CC(=O)N(Cc1ccccc1)Cc1ccccc1. The van der Waals surface area contributed by atoms with E-state index in [4.69, 9.17) is 5.73 Å². The quantitative estimate of drug-likeness (QED) is 0.810. The van der Waals surface area contributed by atoms with Crippen molar-refractivity contribution in [2.24, 2.45) is 11.7 Å². The number of hydrogen-bond acceptors (Lipinski definition) is 2. The van der Waals surface area contributed by atoms with Gasteiger partial charge in [0, 0.05) is 19.5 Å². The van der Waals surface area contributed by atoms with Gasteiger partial charge in [-0.25, -0.2) is 0 Å². The second kappa shape index (κ2) is 9.11. The van der Waals surface area contributed by atoms with Crippen molar-refractivity contribution < 1.29 is 4.79 Å². The first kappa shape index (κ1) is 17.2. The fourth-order valence-corrected chi connectivity index (χ4v) is 2.61. The van der Waals surface area contributed by atoms with Gasteiger partial charge < -0.3 is 10.6 Å². The smallest absolute Gasteiger partial charge is 0.223 e. The van der Waals surface area contributed by atoms with E-state index in [2.05, 4.69) is 31.2 Å². The Morgan fingerprint density at radius 1 is 0.957 bits per heavy atom. The fraction of sp³-hybridized carbons (Fsp3) is 0.350. The lowest BCUT2D eigenvalue weighted by Crippen LogP contribution is -2.32.